The number of aromatic nitrogens is 1. The molecule has 2 aromatic rings. The largest absolute Gasteiger partial charge is 0.496 e. The SMILES string of the molecule is CNC(=O)[C@H](CC1CC1)NC(=O)c1cc2c(OC)cccc2[nH]1. The maximum Gasteiger partial charge on any atom is 0.268 e. The van der Waals surface area contributed by atoms with E-state index in [-0.39, 0.29) is 11.8 Å². The topological polar surface area (TPSA) is 83.2 Å². The lowest BCUT2D eigenvalue weighted by atomic mass is 10.1. The highest BCUT2D eigenvalue weighted by atomic mass is 16.5. The zero-order chi connectivity index (χ0) is 16.4. The first kappa shape index (κ1) is 15.4. The van der Waals surface area contributed by atoms with E-state index in [0.29, 0.717) is 23.8 Å². The Hall–Kier alpha value is -2.50. The van der Waals surface area contributed by atoms with Gasteiger partial charge in [-0.3, -0.25) is 9.59 Å². The van der Waals surface area contributed by atoms with Crippen LogP contribution in [0.1, 0.15) is 29.8 Å². The highest BCUT2D eigenvalue weighted by molar-refractivity contribution is 6.01. The number of nitrogens with one attached hydrogen (secondary N) is 3. The van der Waals surface area contributed by atoms with Crippen molar-refractivity contribution in [1.82, 2.24) is 15.6 Å². The number of rotatable bonds is 6. The van der Waals surface area contributed by atoms with E-state index in [1.807, 2.05) is 18.2 Å². The number of carbonyl (C=O) groups is 2. The summed E-state index contributed by atoms with van der Waals surface area (Å²) in [5, 5.41) is 6.29. The Morgan fingerprint density at radius 2 is 2.17 bits per heavy atom. The van der Waals surface area contributed by atoms with Gasteiger partial charge in [-0.05, 0) is 30.5 Å². The molecule has 1 heterocycles. The molecule has 3 rings (SSSR count). The molecule has 23 heavy (non-hydrogen) atoms. The van der Waals surface area contributed by atoms with Crippen molar-refractivity contribution >= 4 is 22.7 Å². The summed E-state index contributed by atoms with van der Waals surface area (Å²) in [4.78, 5) is 27.5. The van der Waals surface area contributed by atoms with Gasteiger partial charge in [-0.1, -0.05) is 18.9 Å². The highest BCUT2D eigenvalue weighted by Crippen LogP contribution is 2.33. The van der Waals surface area contributed by atoms with Crippen molar-refractivity contribution in [3.8, 4) is 5.75 Å². The molecule has 1 aliphatic rings. The van der Waals surface area contributed by atoms with Crippen molar-refractivity contribution in [3.05, 3.63) is 30.0 Å². The fraction of sp³-hybridized carbons (Fsp3) is 0.412. The zero-order valence-electron chi connectivity index (χ0n) is 13.3. The van der Waals surface area contributed by atoms with Crippen LogP contribution in [0.4, 0.5) is 0 Å². The van der Waals surface area contributed by atoms with Crippen molar-refractivity contribution < 1.29 is 14.3 Å². The van der Waals surface area contributed by atoms with Crippen LogP contribution in [0, 0.1) is 5.92 Å². The minimum Gasteiger partial charge on any atom is -0.496 e. The fourth-order valence-electron chi connectivity index (χ4n) is 2.76. The van der Waals surface area contributed by atoms with Crippen LogP contribution >= 0.6 is 0 Å². The molecule has 1 saturated carbocycles. The minimum atomic E-state index is -0.492. The number of hydrogen-bond acceptors (Lipinski definition) is 3. The lowest BCUT2D eigenvalue weighted by molar-refractivity contribution is -0.122. The molecule has 0 bridgehead atoms. The highest BCUT2D eigenvalue weighted by Gasteiger charge is 2.30. The Morgan fingerprint density at radius 3 is 2.83 bits per heavy atom. The van der Waals surface area contributed by atoms with Gasteiger partial charge in [-0.25, -0.2) is 0 Å². The summed E-state index contributed by atoms with van der Waals surface area (Å²) in [6.07, 6.45) is 2.95. The van der Waals surface area contributed by atoms with Gasteiger partial charge in [0.2, 0.25) is 5.91 Å². The van der Waals surface area contributed by atoms with E-state index in [2.05, 4.69) is 15.6 Å². The number of fused-ring (bicyclic) bond motifs is 1. The molecular formula is C17H21N3O3. The van der Waals surface area contributed by atoms with Gasteiger partial charge in [0.05, 0.1) is 7.11 Å². The summed E-state index contributed by atoms with van der Waals surface area (Å²) in [6.45, 7) is 0. The molecular weight excluding hydrogens is 294 g/mol. The first-order valence-corrected chi connectivity index (χ1v) is 7.80. The molecule has 0 unspecified atom stereocenters. The number of methoxy groups -OCH3 is 1. The molecule has 122 valence electrons. The van der Waals surface area contributed by atoms with Crippen LogP contribution in [0.15, 0.2) is 24.3 Å². The third-order valence-electron chi connectivity index (χ3n) is 4.22. The van der Waals surface area contributed by atoms with E-state index in [4.69, 9.17) is 4.74 Å². The van der Waals surface area contributed by atoms with Crippen molar-refractivity contribution in [3.63, 3.8) is 0 Å². The lowest BCUT2D eigenvalue weighted by Gasteiger charge is -2.16. The molecule has 1 aromatic heterocycles. The second-order valence-corrected chi connectivity index (χ2v) is 5.92. The number of likely N-dealkylation sites (N-methyl/N-ethyl adjacent to an activating group) is 1. The van der Waals surface area contributed by atoms with E-state index >= 15 is 0 Å². The van der Waals surface area contributed by atoms with Crippen molar-refractivity contribution in [2.75, 3.05) is 14.2 Å². The van der Waals surface area contributed by atoms with Crippen molar-refractivity contribution in [1.29, 1.82) is 0 Å². The van der Waals surface area contributed by atoms with Crippen LogP contribution in [0.25, 0.3) is 10.9 Å². The molecule has 0 spiro atoms. The van der Waals surface area contributed by atoms with Crippen LogP contribution in [0.3, 0.4) is 0 Å². The summed E-state index contributed by atoms with van der Waals surface area (Å²) in [6, 6.07) is 6.85. The smallest absolute Gasteiger partial charge is 0.268 e. The Balaban J connectivity index is 1.79. The molecule has 1 aromatic carbocycles. The number of carbonyl (C=O) groups excluding carboxylic acids is 2. The summed E-state index contributed by atoms with van der Waals surface area (Å²) in [5.41, 5.74) is 1.25. The molecule has 1 atom stereocenters. The maximum atomic E-state index is 12.5. The van der Waals surface area contributed by atoms with E-state index in [9.17, 15) is 9.59 Å². The van der Waals surface area contributed by atoms with Gasteiger partial charge in [0, 0.05) is 18.0 Å². The Morgan fingerprint density at radius 1 is 1.39 bits per heavy atom. The molecule has 0 radical (unpaired) electrons. The van der Waals surface area contributed by atoms with Gasteiger partial charge >= 0.3 is 0 Å². The van der Waals surface area contributed by atoms with Crippen LogP contribution in [-0.4, -0.2) is 37.0 Å². The molecule has 6 nitrogen and oxygen atoms in total. The van der Waals surface area contributed by atoms with Crippen LogP contribution < -0.4 is 15.4 Å². The lowest BCUT2D eigenvalue weighted by Crippen LogP contribution is -2.46. The van der Waals surface area contributed by atoms with E-state index in [1.54, 1.807) is 20.2 Å². The third-order valence-corrected chi connectivity index (χ3v) is 4.22. The quantitative estimate of drug-likeness (QED) is 0.760. The normalized spacial score (nSPS) is 15.2. The number of hydrogen-bond donors (Lipinski definition) is 3. The van der Waals surface area contributed by atoms with Gasteiger partial charge in [-0.15, -0.1) is 0 Å². The monoisotopic (exact) mass is 315 g/mol. The Kier molecular flexibility index (Phi) is 4.23. The van der Waals surface area contributed by atoms with E-state index in [0.717, 1.165) is 23.7 Å². The predicted molar refractivity (Wildman–Crippen MR) is 87.5 cm³/mol. The average molecular weight is 315 g/mol. The number of H-pyrrole nitrogens is 1. The maximum absolute atomic E-state index is 12.5. The van der Waals surface area contributed by atoms with E-state index in [1.165, 1.54) is 0 Å². The summed E-state index contributed by atoms with van der Waals surface area (Å²) in [7, 11) is 3.18. The first-order chi connectivity index (χ1) is 11.1. The van der Waals surface area contributed by atoms with Gasteiger partial charge in [0.1, 0.15) is 17.5 Å². The second-order valence-electron chi connectivity index (χ2n) is 5.92. The Labute approximate surface area is 134 Å². The van der Waals surface area contributed by atoms with E-state index < -0.39 is 6.04 Å². The fourth-order valence-corrected chi connectivity index (χ4v) is 2.76. The number of amides is 2. The molecule has 2 amide bonds. The molecule has 1 fully saturated rings. The molecule has 0 saturated heterocycles. The summed E-state index contributed by atoms with van der Waals surface area (Å²) >= 11 is 0. The number of aromatic amines is 1. The summed E-state index contributed by atoms with van der Waals surface area (Å²) < 4.78 is 5.30. The number of ether oxygens (including phenoxy) is 1. The number of benzene rings is 1. The standard InChI is InChI=1S/C17H21N3O3/c1-18-16(21)13(8-10-6-7-10)20-17(22)14-9-11-12(19-14)4-3-5-15(11)23-2/h3-5,9-10,13,19H,6-8H2,1-2H3,(H,18,21)(H,20,22)/t13-/m0/s1. The molecule has 3 N–H and O–H groups in total. The van der Waals surface area contributed by atoms with Crippen LogP contribution in [0.5, 0.6) is 5.75 Å². The molecule has 6 heteroatoms. The van der Waals surface area contributed by atoms with Crippen molar-refractivity contribution in [2.24, 2.45) is 5.92 Å². The predicted octanol–water partition coefficient (Wildman–Crippen LogP) is 1.82. The minimum absolute atomic E-state index is 0.154. The second kappa shape index (κ2) is 6.32. The summed E-state index contributed by atoms with van der Waals surface area (Å²) in [5.74, 6) is 0.815. The van der Waals surface area contributed by atoms with Gasteiger partial charge in [0.15, 0.2) is 0 Å². The Bertz CT molecular complexity index is 734. The van der Waals surface area contributed by atoms with Gasteiger partial charge < -0.3 is 20.4 Å². The molecule has 0 aliphatic heterocycles. The van der Waals surface area contributed by atoms with Crippen LogP contribution in [-0.2, 0) is 4.79 Å². The van der Waals surface area contributed by atoms with Gasteiger partial charge in [-0.2, -0.15) is 0 Å². The first-order valence-electron chi connectivity index (χ1n) is 7.80. The average Bonchev–Trinajstić information content (AvgIpc) is 3.27. The van der Waals surface area contributed by atoms with Crippen molar-refractivity contribution in [2.45, 2.75) is 25.3 Å². The van der Waals surface area contributed by atoms with Gasteiger partial charge in [0.25, 0.3) is 5.91 Å². The van der Waals surface area contributed by atoms with Crippen LogP contribution in [0.2, 0.25) is 0 Å². The zero-order valence-corrected chi connectivity index (χ0v) is 13.3. The molecule has 1 aliphatic carbocycles. The third kappa shape index (κ3) is 3.31.